The van der Waals surface area contributed by atoms with E-state index in [0.29, 0.717) is 18.0 Å². The van der Waals surface area contributed by atoms with Crippen molar-refractivity contribution in [3.05, 3.63) is 57.7 Å². The summed E-state index contributed by atoms with van der Waals surface area (Å²) in [7, 11) is -3.33. The molecule has 0 saturated heterocycles. The Balaban J connectivity index is 2.18. The first kappa shape index (κ1) is 15.1. The molecule has 0 unspecified atom stereocenters. The lowest BCUT2D eigenvalue weighted by molar-refractivity contribution is 0.308. The van der Waals surface area contributed by atoms with E-state index in [-0.39, 0.29) is 0 Å². The van der Waals surface area contributed by atoms with E-state index in [2.05, 4.69) is 27.3 Å². The monoisotopic (exact) mass is 403 g/mol. The average molecular weight is 403 g/mol. The molecular formula is C14H14INO3S. The summed E-state index contributed by atoms with van der Waals surface area (Å²) in [5.41, 5.74) is 1.48. The molecule has 0 amide bonds. The molecule has 0 spiro atoms. The molecule has 0 aliphatic carbocycles. The van der Waals surface area contributed by atoms with Crippen molar-refractivity contribution in [2.45, 2.75) is 6.61 Å². The minimum Gasteiger partial charge on any atom is -0.487 e. The van der Waals surface area contributed by atoms with E-state index in [4.69, 9.17) is 4.74 Å². The maximum Gasteiger partial charge on any atom is 0.229 e. The molecule has 4 nitrogen and oxygen atoms in total. The number of rotatable bonds is 5. The molecule has 0 saturated carbocycles. The summed E-state index contributed by atoms with van der Waals surface area (Å²) in [6.45, 7) is 0.389. The molecule has 2 aromatic carbocycles. The van der Waals surface area contributed by atoms with Gasteiger partial charge >= 0.3 is 0 Å². The van der Waals surface area contributed by atoms with Crippen molar-refractivity contribution in [2.75, 3.05) is 11.0 Å². The predicted octanol–water partition coefficient (Wildman–Crippen LogP) is 3.24. The fourth-order valence-electron chi connectivity index (χ4n) is 1.64. The standard InChI is InChI=1S/C14H14INO3S/c1-20(17,18)16-13-9-12(15)7-8-14(13)19-10-11-5-3-2-4-6-11/h2-9,16H,10H2,1H3. The zero-order valence-corrected chi connectivity index (χ0v) is 13.8. The average Bonchev–Trinajstić information content (AvgIpc) is 2.37. The fraction of sp³-hybridized carbons (Fsp3) is 0.143. The van der Waals surface area contributed by atoms with Crippen LogP contribution in [0.2, 0.25) is 0 Å². The third-order valence-electron chi connectivity index (χ3n) is 2.47. The van der Waals surface area contributed by atoms with Gasteiger partial charge in [0.05, 0.1) is 11.9 Å². The number of ether oxygens (including phenoxy) is 1. The second-order valence-electron chi connectivity index (χ2n) is 4.29. The highest BCUT2D eigenvalue weighted by molar-refractivity contribution is 14.1. The largest absolute Gasteiger partial charge is 0.487 e. The Labute approximate surface area is 132 Å². The molecule has 0 fully saturated rings. The molecule has 20 heavy (non-hydrogen) atoms. The lowest BCUT2D eigenvalue weighted by Crippen LogP contribution is -2.11. The van der Waals surface area contributed by atoms with Crippen LogP contribution >= 0.6 is 22.6 Å². The van der Waals surface area contributed by atoms with Crippen LogP contribution in [0, 0.1) is 3.57 Å². The van der Waals surface area contributed by atoms with Gasteiger partial charge in [0.15, 0.2) is 0 Å². The Morgan fingerprint density at radius 3 is 2.50 bits per heavy atom. The van der Waals surface area contributed by atoms with Crippen LogP contribution in [-0.4, -0.2) is 14.7 Å². The van der Waals surface area contributed by atoms with Crippen molar-refractivity contribution in [1.82, 2.24) is 0 Å². The Kier molecular flexibility index (Phi) is 4.87. The van der Waals surface area contributed by atoms with Gasteiger partial charge in [0, 0.05) is 3.57 Å². The van der Waals surface area contributed by atoms with Crippen LogP contribution in [-0.2, 0) is 16.6 Å². The van der Waals surface area contributed by atoms with Crippen LogP contribution in [0.3, 0.4) is 0 Å². The Bertz CT molecular complexity index is 687. The van der Waals surface area contributed by atoms with Gasteiger partial charge in [0.1, 0.15) is 12.4 Å². The Morgan fingerprint density at radius 1 is 1.15 bits per heavy atom. The van der Waals surface area contributed by atoms with Crippen molar-refractivity contribution < 1.29 is 13.2 Å². The summed E-state index contributed by atoms with van der Waals surface area (Å²) in [6, 6.07) is 15.1. The SMILES string of the molecule is CS(=O)(=O)Nc1cc(I)ccc1OCc1ccccc1. The quantitative estimate of drug-likeness (QED) is 0.780. The zero-order valence-electron chi connectivity index (χ0n) is 10.8. The molecule has 6 heteroatoms. The van der Waals surface area contributed by atoms with Crippen molar-refractivity contribution >= 4 is 38.3 Å². The Hall–Kier alpha value is -1.28. The van der Waals surface area contributed by atoms with Gasteiger partial charge < -0.3 is 4.74 Å². The highest BCUT2D eigenvalue weighted by atomic mass is 127. The fourth-order valence-corrected chi connectivity index (χ4v) is 2.69. The lowest BCUT2D eigenvalue weighted by Gasteiger charge is -2.12. The zero-order chi connectivity index (χ0) is 14.6. The molecule has 2 rings (SSSR count). The number of anilines is 1. The topological polar surface area (TPSA) is 55.4 Å². The van der Waals surface area contributed by atoms with Crippen LogP contribution < -0.4 is 9.46 Å². The van der Waals surface area contributed by atoms with Crippen LogP contribution in [0.25, 0.3) is 0 Å². The van der Waals surface area contributed by atoms with Gasteiger partial charge in [-0.1, -0.05) is 30.3 Å². The van der Waals surface area contributed by atoms with Gasteiger partial charge in [-0.3, -0.25) is 4.72 Å². The predicted molar refractivity (Wildman–Crippen MR) is 88.4 cm³/mol. The molecule has 0 aromatic heterocycles. The minimum atomic E-state index is -3.33. The van der Waals surface area contributed by atoms with E-state index in [1.54, 1.807) is 12.1 Å². The summed E-state index contributed by atoms with van der Waals surface area (Å²) < 4.78 is 31.8. The molecule has 106 valence electrons. The van der Waals surface area contributed by atoms with Gasteiger partial charge in [-0.15, -0.1) is 0 Å². The molecule has 0 bridgehead atoms. The molecule has 1 N–H and O–H groups in total. The van der Waals surface area contributed by atoms with E-state index in [9.17, 15) is 8.42 Å². The first-order valence-corrected chi connectivity index (χ1v) is 8.85. The number of hydrogen-bond donors (Lipinski definition) is 1. The van der Waals surface area contributed by atoms with Gasteiger partial charge in [-0.05, 0) is 46.4 Å². The first-order valence-electron chi connectivity index (χ1n) is 5.88. The molecule has 0 heterocycles. The van der Waals surface area contributed by atoms with Crippen LogP contribution in [0.1, 0.15) is 5.56 Å². The number of hydrogen-bond acceptors (Lipinski definition) is 3. The van der Waals surface area contributed by atoms with Crippen LogP contribution in [0.5, 0.6) is 5.75 Å². The van der Waals surface area contributed by atoms with E-state index in [1.807, 2.05) is 36.4 Å². The smallest absolute Gasteiger partial charge is 0.229 e. The van der Waals surface area contributed by atoms with Crippen LogP contribution in [0.15, 0.2) is 48.5 Å². The van der Waals surface area contributed by atoms with Gasteiger partial charge in [-0.25, -0.2) is 8.42 Å². The van der Waals surface area contributed by atoms with E-state index >= 15 is 0 Å². The van der Waals surface area contributed by atoms with Gasteiger partial charge in [-0.2, -0.15) is 0 Å². The number of benzene rings is 2. The normalized spacial score (nSPS) is 11.1. The summed E-state index contributed by atoms with van der Waals surface area (Å²) in [5, 5.41) is 0. The highest BCUT2D eigenvalue weighted by Crippen LogP contribution is 2.28. The molecule has 0 aliphatic rings. The Morgan fingerprint density at radius 2 is 1.85 bits per heavy atom. The summed E-state index contributed by atoms with van der Waals surface area (Å²) >= 11 is 2.12. The highest BCUT2D eigenvalue weighted by Gasteiger charge is 2.09. The van der Waals surface area contributed by atoms with Crippen molar-refractivity contribution in [1.29, 1.82) is 0 Å². The van der Waals surface area contributed by atoms with E-state index in [1.165, 1.54) is 0 Å². The summed E-state index contributed by atoms with van der Waals surface area (Å²) in [5.74, 6) is 0.514. The maximum atomic E-state index is 11.4. The number of halogens is 1. The lowest BCUT2D eigenvalue weighted by atomic mass is 10.2. The second-order valence-corrected chi connectivity index (χ2v) is 7.28. The van der Waals surface area contributed by atoms with Crippen molar-refractivity contribution in [3.63, 3.8) is 0 Å². The maximum absolute atomic E-state index is 11.4. The van der Waals surface area contributed by atoms with Gasteiger partial charge in [0.25, 0.3) is 0 Å². The molecule has 0 atom stereocenters. The van der Waals surface area contributed by atoms with E-state index < -0.39 is 10.0 Å². The van der Waals surface area contributed by atoms with Crippen LogP contribution in [0.4, 0.5) is 5.69 Å². The minimum absolute atomic E-state index is 0.389. The molecule has 0 aliphatic heterocycles. The van der Waals surface area contributed by atoms with E-state index in [0.717, 1.165) is 15.4 Å². The first-order chi connectivity index (χ1) is 9.44. The molecular weight excluding hydrogens is 389 g/mol. The molecule has 2 aromatic rings. The third kappa shape index (κ3) is 4.68. The summed E-state index contributed by atoms with van der Waals surface area (Å²) in [4.78, 5) is 0. The number of sulfonamides is 1. The number of nitrogens with one attached hydrogen (secondary N) is 1. The second kappa shape index (κ2) is 6.45. The molecule has 0 radical (unpaired) electrons. The van der Waals surface area contributed by atoms with Crippen molar-refractivity contribution in [2.24, 2.45) is 0 Å². The van der Waals surface area contributed by atoms with Crippen molar-refractivity contribution in [3.8, 4) is 5.75 Å². The van der Waals surface area contributed by atoms with Gasteiger partial charge in [0.2, 0.25) is 10.0 Å². The summed E-state index contributed by atoms with van der Waals surface area (Å²) in [6.07, 6.45) is 1.12. The third-order valence-corrected chi connectivity index (χ3v) is 3.74.